The molecule has 5 nitrogen and oxygen atoms in total. The molecule has 1 unspecified atom stereocenters. The van der Waals surface area contributed by atoms with Gasteiger partial charge in [-0.15, -0.1) is 0 Å². The first-order valence-corrected chi connectivity index (χ1v) is 7.95. The van der Waals surface area contributed by atoms with Crippen LogP contribution in [0.2, 0.25) is 5.02 Å². The number of benzene rings is 1. The minimum Gasteiger partial charge on any atom is -0.377 e. The van der Waals surface area contributed by atoms with Gasteiger partial charge in [-0.2, -0.15) is 0 Å². The van der Waals surface area contributed by atoms with E-state index >= 15 is 0 Å². The van der Waals surface area contributed by atoms with Crippen LogP contribution in [0.1, 0.15) is 12.8 Å². The Morgan fingerprint density at radius 1 is 1.50 bits per heavy atom. The Morgan fingerprint density at radius 2 is 2.32 bits per heavy atom. The van der Waals surface area contributed by atoms with Crippen molar-refractivity contribution in [2.45, 2.75) is 18.9 Å². The molecule has 1 aliphatic heterocycles. The standard InChI is InChI=1S/C16H23ClN2O3/c1-19(8-10-21-12-13-5-4-9-22-13)11-16(20)18-15-7-3-2-6-14(15)17/h2-3,6-7,13H,4-5,8-12H2,1H3,(H,18,20). The number of carbonyl (C=O) groups excluding carboxylic acids is 1. The van der Waals surface area contributed by atoms with Gasteiger partial charge >= 0.3 is 0 Å². The summed E-state index contributed by atoms with van der Waals surface area (Å²) in [5.74, 6) is -0.0882. The molecule has 0 spiro atoms. The number of anilines is 1. The minimum atomic E-state index is -0.0882. The fourth-order valence-corrected chi connectivity index (χ4v) is 2.47. The lowest BCUT2D eigenvalue weighted by molar-refractivity contribution is -0.117. The zero-order valence-electron chi connectivity index (χ0n) is 12.9. The van der Waals surface area contributed by atoms with E-state index in [1.165, 1.54) is 0 Å². The molecular formula is C16H23ClN2O3. The smallest absolute Gasteiger partial charge is 0.238 e. The summed E-state index contributed by atoms with van der Waals surface area (Å²) in [6.45, 7) is 3.07. The number of para-hydroxylation sites is 1. The number of carbonyl (C=O) groups is 1. The molecule has 6 heteroatoms. The van der Waals surface area contributed by atoms with Gasteiger partial charge in [0.1, 0.15) is 0 Å². The Morgan fingerprint density at radius 3 is 3.05 bits per heavy atom. The second-order valence-electron chi connectivity index (χ2n) is 5.48. The van der Waals surface area contributed by atoms with Crippen LogP contribution in [0.5, 0.6) is 0 Å². The van der Waals surface area contributed by atoms with Crippen molar-refractivity contribution in [1.29, 1.82) is 0 Å². The molecule has 1 aromatic carbocycles. The van der Waals surface area contributed by atoms with Crippen LogP contribution < -0.4 is 5.32 Å². The van der Waals surface area contributed by atoms with Gasteiger partial charge in [-0.1, -0.05) is 23.7 Å². The largest absolute Gasteiger partial charge is 0.377 e. The van der Waals surface area contributed by atoms with Crippen molar-refractivity contribution in [1.82, 2.24) is 4.90 Å². The van der Waals surface area contributed by atoms with E-state index in [1.54, 1.807) is 12.1 Å². The van der Waals surface area contributed by atoms with Crippen LogP contribution in [0.15, 0.2) is 24.3 Å². The van der Waals surface area contributed by atoms with E-state index in [9.17, 15) is 4.79 Å². The number of ether oxygens (including phenoxy) is 2. The van der Waals surface area contributed by atoms with Crippen molar-refractivity contribution in [2.24, 2.45) is 0 Å². The summed E-state index contributed by atoms with van der Waals surface area (Å²) >= 11 is 6.01. The van der Waals surface area contributed by atoms with Gasteiger partial charge in [0.25, 0.3) is 0 Å². The number of likely N-dealkylation sites (N-methyl/N-ethyl adjacent to an activating group) is 1. The van der Waals surface area contributed by atoms with Gasteiger partial charge in [0.05, 0.1) is 36.6 Å². The van der Waals surface area contributed by atoms with Crippen molar-refractivity contribution in [3.8, 4) is 0 Å². The molecule has 1 saturated heterocycles. The van der Waals surface area contributed by atoms with Gasteiger partial charge in [0.2, 0.25) is 5.91 Å². The summed E-state index contributed by atoms with van der Waals surface area (Å²) in [5, 5.41) is 3.34. The van der Waals surface area contributed by atoms with Gasteiger partial charge in [-0.05, 0) is 32.0 Å². The van der Waals surface area contributed by atoms with Gasteiger partial charge in [0, 0.05) is 13.2 Å². The lowest BCUT2D eigenvalue weighted by atomic mass is 10.2. The topological polar surface area (TPSA) is 50.8 Å². The molecule has 0 aromatic heterocycles. The van der Waals surface area contributed by atoms with Gasteiger partial charge in [-0.3, -0.25) is 9.69 Å². The first-order chi connectivity index (χ1) is 10.6. The SMILES string of the molecule is CN(CCOCC1CCCO1)CC(=O)Nc1ccccc1Cl. The summed E-state index contributed by atoms with van der Waals surface area (Å²) < 4.78 is 11.1. The number of halogens is 1. The molecule has 1 heterocycles. The van der Waals surface area contributed by atoms with Crippen LogP contribution in [0, 0.1) is 0 Å². The summed E-state index contributed by atoms with van der Waals surface area (Å²) in [6.07, 6.45) is 2.44. The number of hydrogen-bond donors (Lipinski definition) is 1. The Hall–Kier alpha value is -1.14. The average molecular weight is 327 g/mol. The molecule has 0 bridgehead atoms. The van der Waals surface area contributed by atoms with Crippen molar-refractivity contribution >= 4 is 23.2 Å². The highest BCUT2D eigenvalue weighted by atomic mass is 35.5. The van der Waals surface area contributed by atoms with E-state index in [2.05, 4.69) is 5.32 Å². The Bertz CT molecular complexity index is 478. The molecule has 1 fully saturated rings. The molecule has 1 N–H and O–H groups in total. The normalized spacial score (nSPS) is 17.9. The molecule has 22 heavy (non-hydrogen) atoms. The van der Waals surface area contributed by atoms with Crippen LogP contribution in [0.4, 0.5) is 5.69 Å². The van der Waals surface area contributed by atoms with Crippen LogP contribution >= 0.6 is 11.6 Å². The van der Waals surface area contributed by atoms with Crippen LogP contribution in [0.3, 0.4) is 0 Å². The Balaban J connectivity index is 1.60. The zero-order valence-corrected chi connectivity index (χ0v) is 13.6. The number of nitrogens with one attached hydrogen (secondary N) is 1. The van der Waals surface area contributed by atoms with Gasteiger partial charge < -0.3 is 14.8 Å². The fraction of sp³-hybridized carbons (Fsp3) is 0.562. The van der Waals surface area contributed by atoms with E-state index < -0.39 is 0 Å². The Labute approximate surface area is 136 Å². The minimum absolute atomic E-state index is 0.0882. The molecule has 1 aromatic rings. The molecule has 1 aliphatic rings. The quantitative estimate of drug-likeness (QED) is 0.745. The van der Waals surface area contributed by atoms with Crippen molar-refractivity contribution in [2.75, 3.05) is 45.3 Å². The summed E-state index contributed by atoms with van der Waals surface area (Å²) in [4.78, 5) is 13.9. The molecule has 122 valence electrons. The predicted molar refractivity (Wildman–Crippen MR) is 87.4 cm³/mol. The third-order valence-corrected chi connectivity index (χ3v) is 3.84. The molecule has 1 amide bonds. The highest BCUT2D eigenvalue weighted by Gasteiger charge is 2.15. The maximum atomic E-state index is 11.9. The van der Waals surface area contributed by atoms with E-state index in [0.717, 1.165) is 19.4 Å². The van der Waals surface area contributed by atoms with E-state index in [1.807, 2.05) is 24.1 Å². The van der Waals surface area contributed by atoms with Gasteiger partial charge in [-0.25, -0.2) is 0 Å². The molecular weight excluding hydrogens is 304 g/mol. The number of amides is 1. The Kier molecular flexibility index (Phi) is 7.12. The predicted octanol–water partition coefficient (Wildman–Crippen LogP) is 2.41. The van der Waals surface area contributed by atoms with E-state index in [4.69, 9.17) is 21.1 Å². The number of hydrogen-bond acceptors (Lipinski definition) is 4. The fourth-order valence-electron chi connectivity index (χ4n) is 2.29. The molecule has 0 radical (unpaired) electrons. The zero-order chi connectivity index (χ0) is 15.8. The number of nitrogens with zero attached hydrogens (tertiary/aromatic N) is 1. The molecule has 0 aliphatic carbocycles. The summed E-state index contributed by atoms with van der Waals surface area (Å²) in [5.41, 5.74) is 0.636. The monoisotopic (exact) mass is 326 g/mol. The first-order valence-electron chi connectivity index (χ1n) is 7.57. The molecule has 0 saturated carbocycles. The van der Waals surface area contributed by atoms with Crippen molar-refractivity contribution in [3.63, 3.8) is 0 Å². The number of rotatable bonds is 8. The van der Waals surface area contributed by atoms with Crippen LogP contribution in [-0.4, -0.2) is 56.9 Å². The molecule has 1 atom stereocenters. The van der Waals surface area contributed by atoms with E-state index in [-0.39, 0.29) is 12.0 Å². The van der Waals surface area contributed by atoms with Crippen LogP contribution in [0.25, 0.3) is 0 Å². The summed E-state index contributed by atoms with van der Waals surface area (Å²) in [6, 6.07) is 7.20. The summed E-state index contributed by atoms with van der Waals surface area (Å²) in [7, 11) is 1.89. The van der Waals surface area contributed by atoms with E-state index in [0.29, 0.717) is 37.0 Å². The lowest BCUT2D eigenvalue weighted by Crippen LogP contribution is -2.33. The van der Waals surface area contributed by atoms with Crippen molar-refractivity contribution in [3.05, 3.63) is 29.3 Å². The first kappa shape index (κ1) is 17.2. The third kappa shape index (κ3) is 5.93. The second kappa shape index (κ2) is 9.10. The lowest BCUT2D eigenvalue weighted by Gasteiger charge is -2.17. The van der Waals surface area contributed by atoms with Crippen molar-refractivity contribution < 1.29 is 14.3 Å². The average Bonchev–Trinajstić information content (AvgIpc) is 2.99. The second-order valence-corrected chi connectivity index (χ2v) is 5.88. The molecule has 2 rings (SSSR count). The van der Waals surface area contributed by atoms with Crippen LogP contribution in [-0.2, 0) is 14.3 Å². The maximum Gasteiger partial charge on any atom is 0.238 e. The highest BCUT2D eigenvalue weighted by Crippen LogP contribution is 2.20. The highest BCUT2D eigenvalue weighted by molar-refractivity contribution is 6.33. The third-order valence-electron chi connectivity index (χ3n) is 3.51. The van der Waals surface area contributed by atoms with Gasteiger partial charge in [0.15, 0.2) is 0 Å². The maximum absolute atomic E-state index is 11.9.